The molecule has 5 heterocycles. The van der Waals surface area contributed by atoms with E-state index in [1.165, 1.54) is 5.69 Å². The molecule has 3 aromatic heterocycles. The minimum atomic E-state index is 0.0579. The van der Waals surface area contributed by atoms with Crippen LogP contribution in [0.2, 0.25) is 0 Å². The summed E-state index contributed by atoms with van der Waals surface area (Å²) in [6, 6.07) is 2.18. The van der Waals surface area contributed by atoms with Gasteiger partial charge in [-0.15, -0.1) is 11.3 Å². The molecule has 2 aliphatic heterocycles. The average Bonchev–Trinajstić information content (AvgIpc) is 3.33. The van der Waals surface area contributed by atoms with Crippen LogP contribution in [0.3, 0.4) is 0 Å². The Labute approximate surface area is 163 Å². The number of fused-ring (bicyclic) bond motifs is 2. The van der Waals surface area contributed by atoms with Crippen molar-refractivity contribution in [3.05, 3.63) is 41.6 Å². The number of rotatable bonds is 3. The Hall–Kier alpha value is -1.99. The maximum absolute atomic E-state index is 4.74. The van der Waals surface area contributed by atoms with E-state index in [-0.39, 0.29) is 5.41 Å². The van der Waals surface area contributed by atoms with Gasteiger partial charge in [0.2, 0.25) is 0 Å². The summed E-state index contributed by atoms with van der Waals surface area (Å²) in [6.45, 7) is 12.1. The molecule has 6 nitrogen and oxygen atoms in total. The Balaban J connectivity index is 1.24. The zero-order chi connectivity index (χ0) is 18.6. The fourth-order valence-corrected chi connectivity index (χ4v) is 5.14. The average molecular weight is 383 g/mol. The lowest BCUT2D eigenvalue weighted by Gasteiger charge is -2.24. The van der Waals surface area contributed by atoms with Gasteiger partial charge in [0, 0.05) is 62.0 Å². The molecule has 27 heavy (non-hydrogen) atoms. The van der Waals surface area contributed by atoms with Gasteiger partial charge in [-0.1, -0.05) is 20.8 Å². The lowest BCUT2D eigenvalue weighted by Crippen LogP contribution is -2.29. The normalized spacial score (nSPS) is 23.4. The van der Waals surface area contributed by atoms with Crippen molar-refractivity contribution in [3.63, 3.8) is 0 Å². The summed E-state index contributed by atoms with van der Waals surface area (Å²) in [4.78, 5) is 19.9. The van der Waals surface area contributed by atoms with Crippen molar-refractivity contribution in [2.24, 2.45) is 11.8 Å². The SMILES string of the molecule is CC(C)(C)c1cc(N2CC3CN(Cc4cn5ccsc5n4)CC3C2)ncn1. The van der Waals surface area contributed by atoms with Gasteiger partial charge in [0.15, 0.2) is 4.96 Å². The smallest absolute Gasteiger partial charge is 0.193 e. The third kappa shape index (κ3) is 3.23. The molecule has 2 atom stereocenters. The Morgan fingerprint density at radius 1 is 1.11 bits per heavy atom. The first-order chi connectivity index (χ1) is 13.0. The lowest BCUT2D eigenvalue weighted by molar-refractivity contribution is 0.305. The fourth-order valence-electron chi connectivity index (χ4n) is 4.42. The second-order valence-corrected chi connectivity index (χ2v) is 9.83. The van der Waals surface area contributed by atoms with Crippen LogP contribution >= 0.6 is 11.3 Å². The van der Waals surface area contributed by atoms with Crippen LogP contribution in [0.15, 0.2) is 30.2 Å². The number of thiazole rings is 1. The standard InChI is InChI=1S/C20H26N6S/c1-20(2,3)17-6-18(22-13-21-17)26-9-14-7-24(8-15(14)10-26)11-16-12-25-4-5-27-19(25)23-16/h4-6,12-15H,7-11H2,1-3H3. The molecular formula is C20H26N6S. The molecule has 2 aliphatic rings. The van der Waals surface area contributed by atoms with Crippen molar-refractivity contribution in [1.29, 1.82) is 0 Å². The number of nitrogens with zero attached hydrogens (tertiary/aromatic N) is 6. The molecule has 0 radical (unpaired) electrons. The molecule has 5 rings (SSSR count). The van der Waals surface area contributed by atoms with Crippen molar-refractivity contribution in [1.82, 2.24) is 24.3 Å². The van der Waals surface area contributed by atoms with E-state index < -0.39 is 0 Å². The highest BCUT2D eigenvalue weighted by Gasteiger charge is 2.40. The van der Waals surface area contributed by atoms with E-state index in [1.54, 1.807) is 17.7 Å². The van der Waals surface area contributed by atoms with Gasteiger partial charge in [0.25, 0.3) is 0 Å². The van der Waals surface area contributed by atoms with E-state index >= 15 is 0 Å². The predicted molar refractivity (Wildman–Crippen MR) is 108 cm³/mol. The van der Waals surface area contributed by atoms with E-state index in [4.69, 9.17) is 4.98 Å². The molecule has 0 bridgehead atoms. The van der Waals surface area contributed by atoms with Crippen LogP contribution in [0.25, 0.3) is 4.96 Å². The molecule has 0 saturated carbocycles. The summed E-state index contributed by atoms with van der Waals surface area (Å²) in [7, 11) is 0. The van der Waals surface area contributed by atoms with E-state index in [0.29, 0.717) is 0 Å². The zero-order valence-corrected chi connectivity index (χ0v) is 17.0. The quantitative estimate of drug-likeness (QED) is 0.697. The van der Waals surface area contributed by atoms with E-state index in [0.717, 1.165) is 61.0 Å². The van der Waals surface area contributed by atoms with Crippen LogP contribution in [0.1, 0.15) is 32.2 Å². The number of likely N-dealkylation sites (tertiary alicyclic amines) is 1. The maximum Gasteiger partial charge on any atom is 0.193 e. The second kappa shape index (κ2) is 6.27. The number of imidazole rings is 1. The predicted octanol–water partition coefficient (Wildman–Crippen LogP) is 3.05. The summed E-state index contributed by atoms with van der Waals surface area (Å²) in [5, 5.41) is 2.08. The maximum atomic E-state index is 4.74. The molecule has 0 N–H and O–H groups in total. The minimum absolute atomic E-state index is 0.0579. The topological polar surface area (TPSA) is 49.6 Å². The summed E-state index contributed by atoms with van der Waals surface area (Å²) in [6.07, 6.45) is 5.97. The van der Waals surface area contributed by atoms with Gasteiger partial charge in [-0.2, -0.15) is 0 Å². The molecular weight excluding hydrogens is 356 g/mol. The van der Waals surface area contributed by atoms with E-state index in [9.17, 15) is 0 Å². The molecule has 0 spiro atoms. The molecule has 2 unspecified atom stereocenters. The largest absolute Gasteiger partial charge is 0.356 e. The second-order valence-electron chi connectivity index (χ2n) is 8.96. The molecule has 7 heteroatoms. The summed E-state index contributed by atoms with van der Waals surface area (Å²) in [5.41, 5.74) is 2.36. The number of hydrogen-bond donors (Lipinski definition) is 0. The van der Waals surface area contributed by atoms with Crippen LogP contribution in [0.4, 0.5) is 5.82 Å². The van der Waals surface area contributed by atoms with Crippen LogP contribution in [-0.4, -0.2) is 50.4 Å². The summed E-state index contributed by atoms with van der Waals surface area (Å²) >= 11 is 1.70. The van der Waals surface area contributed by atoms with Crippen molar-refractivity contribution >= 4 is 22.1 Å². The Morgan fingerprint density at radius 3 is 2.59 bits per heavy atom. The van der Waals surface area contributed by atoms with Gasteiger partial charge >= 0.3 is 0 Å². The number of hydrogen-bond acceptors (Lipinski definition) is 6. The molecule has 0 aliphatic carbocycles. The Kier molecular flexibility index (Phi) is 3.98. The Bertz CT molecular complexity index is 912. The highest BCUT2D eigenvalue weighted by atomic mass is 32.1. The zero-order valence-electron chi connectivity index (χ0n) is 16.2. The van der Waals surface area contributed by atoms with Gasteiger partial charge in [0.1, 0.15) is 12.1 Å². The number of aromatic nitrogens is 4. The van der Waals surface area contributed by atoms with Crippen LogP contribution in [-0.2, 0) is 12.0 Å². The molecule has 0 aromatic carbocycles. The first-order valence-electron chi connectivity index (χ1n) is 9.66. The summed E-state index contributed by atoms with van der Waals surface area (Å²) < 4.78 is 2.13. The van der Waals surface area contributed by atoms with Gasteiger partial charge in [-0.25, -0.2) is 15.0 Å². The first-order valence-corrected chi connectivity index (χ1v) is 10.5. The number of anilines is 1. The molecule has 2 fully saturated rings. The highest BCUT2D eigenvalue weighted by molar-refractivity contribution is 7.15. The lowest BCUT2D eigenvalue weighted by atomic mass is 9.92. The van der Waals surface area contributed by atoms with Crippen LogP contribution < -0.4 is 4.90 Å². The third-order valence-electron chi connectivity index (χ3n) is 5.84. The monoisotopic (exact) mass is 382 g/mol. The molecule has 3 aromatic rings. The first kappa shape index (κ1) is 17.1. The molecule has 2 saturated heterocycles. The minimum Gasteiger partial charge on any atom is -0.356 e. The van der Waals surface area contributed by atoms with E-state index in [1.807, 2.05) is 0 Å². The van der Waals surface area contributed by atoms with Crippen molar-refractivity contribution < 1.29 is 0 Å². The van der Waals surface area contributed by atoms with Crippen molar-refractivity contribution in [2.45, 2.75) is 32.7 Å². The van der Waals surface area contributed by atoms with Crippen molar-refractivity contribution in [2.75, 3.05) is 31.1 Å². The molecule has 0 amide bonds. The van der Waals surface area contributed by atoms with Gasteiger partial charge in [-0.05, 0) is 11.8 Å². The van der Waals surface area contributed by atoms with E-state index in [2.05, 4.69) is 68.8 Å². The van der Waals surface area contributed by atoms with Gasteiger partial charge in [0.05, 0.1) is 11.4 Å². The fraction of sp³-hybridized carbons (Fsp3) is 0.550. The highest BCUT2D eigenvalue weighted by Crippen LogP contribution is 2.34. The summed E-state index contributed by atoms with van der Waals surface area (Å²) in [5.74, 6) is 2.54. The van der Waals surface area contributed by atoms with Crippen LogP contribution in [0, 0.1) is 11.8 Å². The Morgan fingerprint density at radius 2 is 1.89 bits per heavy atom. The van der Waals surface area contributed by atoms with Crippen LogP contribution in [0.5, 0.6) is 0 Å². The van der Waals surface area contributed by atoms with Crippen molar-refractivity contribution in [3.8, 4) is 0 Å². The third-order valence-corrected chi connectivity index (χ3v) is 6.61. The van der Waals surface area contributed by atoms with Gasteiger partial charge in [-0.3, -0.25) is 9.30 Å². The molecule has 142 valence electrons. The van der Waals surface area contributed by atoms with Gasteiger partial charge < -0.3 is 4.90 Å².